The summed E-state index contributed by atoms with van der Waals surface area (Å²) in [6.07, 6.45) is 1.35. The molecular weight excluding hydrogens is 234 g/mol. The van der Waals surface area contributed by atoms with Crippen molar-refractivity contribution in [2.75, 3.05) is 12.8 Å². The highest BCUT2D eigenvalue weighted by Crippen LogP contribution is 2.29. The number of thioether (sulfide) groups is 1. The lowest BCUT2D eigenvalue weighted by atomic mass is 10.1. The number of hydrogen-bond acceptors (Lipinski definition) is 4. The van der Waals surface area contributed by atoms with Crippen molar-refractivity contribution in [3.05, 3.63) is 23.8 Å². The average Bonchev–Trinajstić information content (AvgIpc) is 2.25. The van der Waals surface area contributed by atoms with Gasteiger partial charge in [-0.3, -0.25) is 0 Å². The lowest BCUT2D eigenvalue weighted by Crippen LogP contribution is -2.38. The lowest BCUT2D eigenvalue weighted by Gasteiger charge is -2.23. The van der Waals surface area contributed by atoms with Crippen LogP contribution in [0.4, 0.5) is 0 Å². The second-order valence-corrected chi connectivity index (χ2v) is 5.93. The van der Waals surface area contributed by atoms with E-state index in [4.69, 9.17) is 0 Å². The Hall–Kier alpha value is -0.710. The van der Waals surface area contributed by atoms with Crippen LogP contribution >= 0.6 is 11.8 Å². The first kappa shape index (κ1) is 14.4. The van der Waals surface area contributed by atoms with Crippen LogP contribution in [0.5, 0.6) is 5.75 Å². The molecule has 1 unspecified atom stereocenters. The van der Waals surface area contributed by atoms with E-state index in [0.29, 0.717) is 6.54 Å². The van der Waals surface area contributed by atoms with E-state index in [1.807, 2.05) is 12.3 Å². The van der Waals surface area contributed by atoms with Crippen molar-refractivity contribution in [2.45, 2.75) is 37.3 Å². The third-order valence-electron chi connectivity index (χ3n) is 2.41. The molecule has 1 atom stereocenters. The minimum absolute atomic E-state index is 0.0137. The van der Waals surface area contributed by atoms with E-state index in [2.05, 4.69) is 26.1 Å². The molecule has 0 heterocycles. The Morgan fingerprint density at radius 1 is 1.35 bits per heavy atom. The minimum atomic E-state index is -0.555. The summed E-state index contributed by atoms with van der Waals surface area (Å²) in [6.45, 7) is 6.68. The molecule has 0 radical (unpaired) electrons. The largest absolute Gasteiger partial charge is 0.507 e. The number of aromatic hydroxyl groups is 1. The first-order valence-corrected chi connectivity index (χ1v) is 6.86. The van der Waals surface area contributed by atoms with Crippen LogP contribution < -0.4 is 5.32 Å². The van der Waals surface area contributed by atoms with Gasteiger partial charge in [0.05, 0.1) is 6.10 Å². The second kappa shape index (κ2) is 5.76. The van der Waals surface area contributed by atoms with Gasteiger partial charge in [-0.25, -0.2) is 0 Å². The fourth-order valence-electron chi connectivity index (χ4n) is 1.42. The Kier molecular flexibility index (Phi) is 4.86. The molecule has 0 aliphatic rings. The van der Waals surface area contributed by atoms with Gasteiger partial charge < -0.3 is 15.5 Å². The maximum Gasteiger partial charge on any atom is 0.129 e. The minimum Gasteiger partial charge on any atom is -0.507 e. The van der Waals surface area contributed by atoms with Crippen molar-refractivity contribution < 1.29 is 10.2 Å². The van der Waals surface area contributed by atoms with Crippen LogP contribution in [0, 0.1) is 0 Å². The first-order chi connectivity index (χ1) is 7.83. The van der Waals surface area contributed by atoms with Gasteiger partial charge in [-0.1, -0.05) is 6.07 Å². The molecule has 17 heavy (non-hydrogen) atoms. The number of phenols is 1. The van der Waals surface area contributed by atoms with Crippen molar-refractivity contribution in [2.24, 2.45) is 0 Å². The molecule has 0 saturated carbocycles. The Labute approximate surface area is 107 Å². The molecule has 1 aromatic carbocycles. The Bertz CT molecular complexity index is 374. The standard InChI is InChI=1S/C13H21NO2S/c1-13(2,3)14-8-11(16)9-5-6-10(15)12(7-9)17-4/h5-7,11,14-16H,8H2,1-4H3. The maximum absolute atomic E-state index is 10.0. The van der Waals surface area contributed by atoms with E-state index >= 15 is 0 Å². The summed E-state index contributed by atoms with van der Waals surface area (Å²) in [4.78, 5) is 0.789. The summed E-state index contributed by atoms with van der Waals surface area (Å²) in [5.41, 5.74) is 0.809. The zero-order chi connectivity index (χ0) is 13.1. The number of rotatable bonds is 4. The predicted octanol–water partition coefficient (Wildman–Crippen LogP) is 2.54. The lowest BCUT2D eigenvalue weighted by molar-refractivity contribution is 0.163. The number of β-amino-alcohol motifs (C(OH)–C–C–N with tert-alkyl or cyclic N) is 1. The van der Waals surface area contributed by atoms with Crippen molar-refractivity contribution in [3.8, 4) is 5.75 Å². The molecule has 1 rings (SSSR count). The van der Waals surface area contributed by atoms with Gasteiger partial charge >= 0.3 is 0 Å². The zero-order valence-corrected chi connectivity index (χ0v) is 11.6. The highest BCUT2D eigenvalue weighted by molar-refractivity contribution is 7.98. The van der Waals surface area contributed by atoms with Gasteiger partial charge in [0.15, 0.2) is 0 Å². The van der Waals surface area contributed by atoms with E-state index < -0.39 is 6.10 Å². The third kappa shape index (κ3) is 4.58. The molecule has 96 valence electrons. The van der Waals surface area contributed by atoms with Crippen molar-refractivity contribution in [1.29, 1.82) is 0 Å². The highest BCUT2D eigenvalue weighted by atomic mass is 32.2. The quantitative estimate of drug-likeness (QED) is 0.724. The van der Waals surface area contributed by atoms with Gasteiger partial charge in [-0.05, 0) is 44.7 Å². The van der Waals surface area contributed by atoms with Gasteiger partial charge in [0.1, 0.15) is 5.75 Å². The van der Waals surface area contributed by atoms with E-state index in [1.54, 1.807) is 12.1 Å². The molecular formula is C13H21NO2S. The predicted molar refractivity (Wildman–Crippen MR) is 72.6 cm³/mol. The summed E-state index contributed by atoms with van der Waals surface area (Å²) < 4.78 is 0. The van der Waals surface area contributed by atoms with Crippen LogP contribution in [0.3, 0.4) is 0 Å². The molecule has 3 N–H and O–H groups in total. The van der Waals surface area contributed by atoms with E-state index in [9.17, 15) is 10.2 Å². The van der Waals surface area contributed by atoms with Crippen LogP contribution in [0.25, 0.3) is 0 Å². The molecule has 0 saturated heterocycles. The van der Waals surface area contributed by atoms with Crippen LogP contribution in [0.2, 0.25) is 0 Å². The first-order valence-electron chi connectivity index (χ1n) is 5.63. The molecule has 0 spiro atoms. The second-order valence-electron chi connectivity index (χ2n) is 5.08. The Balaban J connectivity index is 2.72. The fraction of sp³-hybridized carbons (Fsp3) is 0.538. The Morgan fingerprint density at radius 2 is 2.00 bits per heavy atom. The number of hydrogen-bond donors (Lipinski definition) is 3. The van der Waals surface area contributed by atoms with E-state index in [1.165, 1.54) is 11.8 Å². The maximum atomic E-state index is 10.0. The monoisotopic (exact) mass is 255 g/mol. The molecule has 0 amide bonds. The summed E-state index contributed by atoms with van der Waals surface area (Å²) >= 11 is 1.47. The molecule has 0 aliphatic heterocycles. The van der Waals surface area contributed by atoms with Gasteiger partial charge in [0.2, 0.25) is 0 Å². The average molecular weight is 255 g/mol. The van der Waals surface area contributed by atoms with Gasteiger partial charge in [-0.15, -0.1) is 11.8 Å². The van der Waals surface area contributed by atoms with Gasteiger partial charge in [0, 0.05) is 17.0 Å². The molecule has 3 nitrogen and oxygen atoms in total. The van der Waals surface area contributed by atoms with E-state index in [-0.39, 0.29) is 11.3 Å². The van der Waals surface area contributed by atoms with Gasteiger partial charge in [-0.2, -0.15) is 0 Å². The van der Waals surface area contributed by atoms with E-state index in [0.717, 1.165) is 10.5 Å². The molecule has 0 fully saturated rings. The SMILES string of the molecule is CSc1cc(C(O)CNC(C)(C)C)ccc1O. The number of nitrogens with one attached hydrogen (secondary N) is 1. The summed E-state index contributed by atoms with van der Waals surface area (Å²) in [5.74, 6) is 0.261. The molecule has 1 aromatic rings. The number of benzene rings is 1. The summed E-state index contributed by atoms with van der Waals surface area (Å²) in [7, 11) is 0. The van der Waals surface area contributed by atoms with Crippen LogP contribution in [0.1, 0.15) is 32.4 Å². The van der Waals surface area contributed by atoms with Crippen molar-refractivity contribution in [1.82, 2.24) is 5.32 Å². The number of phenolic OH excluding ortho intramolecular Hbond substituents is 1. The molecule has 0 aliphatic carbocycles. The summed E-state index contributed by atoms with van der Waals surface area (Å²) in [5, 5.41) is 22.9. The third-order valence-corrected chi connectivity index (χ3v) is 3.18. The van der Waals surface area contributed by atoms with Gasteiger partial charge in [0.25, 0.3) is 0 Å². The van der Waals surface area contributed by atoms with Crippen LogP contribution in [-0.2, 0) is 0 Å². The fourth-order valence-corrected chi connectivity index (χ4v) is 1.95. The van der Waals surface area contributed by atoms with Crippen LogP contribution in [-0.4, -0.2) is 28.6 Å². The number of aliphatic hydroxyl groups is 1. The van der Waals surface area contributed by atoms with Crippen LogP contribution in [0.15, 0.2) is 23.1 Å². The Morgan fingerprint density at radius 3 is 2.53 bits per heavy atom. The zero-order valence-electron chi connectivity index (χ0n) is 10.8. The summed E-state index contributed by atoms with van der Waals surface area (Å²) in [6, 6.07) is 5.21. The molecule has 4 heteroatoms. The molecule has 0 bridgehead atoms. The molecule has 0 aromatic heterocycles. The highest BCUT2D eigenvalue weighted by Gasteiger charge is 2.14. The number of aliphatic hydroxyl groups excluding tert-OH is 1. The normalized spacial score (nSPS) is 13.7. The van der Waals surface area contributed by atoms with Crippen molar-refractivity contribution >= 4 is 11.8 Å². The van der Waals surface area contributed by atoms with Crippen molar-refractivity contribution in [3.63, 3.8) is 0 Å². The topological polar surface area (TPSA) is 52.5 Å². The smallest absolute Gasteiger partial charge is 0.129 e.